The first-order valence-electron chi connectivity index (χ1n) is 8.29. The van der Waals surface area contributed by atoms with Gasteiger partial charge in [0, 0.05) is 37.8 Å². The summed E-state index contributed by atoms with van der Waals surface area (Å²) >= 11 is 6.15. The topological polar surface area (TPSA) is 61.9 Å². The van der Waals surface area contributed by atoms with Gasteiger partial charge in [-0.05, 0) is 24.5 Å². The molecule has 0 spiro atoms. The zero-order valence-corrected chi connectivity index (χ0v) is 14.3. The van der Waals surface area contributed by atoms with Gasteiger partial charge in [0.25, 0.3) is 0 Å². The van der Waals surface area contributed by atoms with Gasteiger partial charge in [0.2, 0.25) is 5.91 Å². The summed E-state index contributed by atoms with van der Waals surface area (Å²) in [7, 11) is 0. The van der Waals surface area contributed by atoms with Crippen LogP contribution in [-0.4, -0.2) is 60.6 Å². The van der Waals surface area contributed by atoms with Crippen LogP contribution in [0.1, 0.15) is 18.4 Å². The molecule has 24 heavy (non-hydrogen) atoms. The molecule has 1 aromatic carbocycles. The summed E-state index contributed by atoms with van der Waals surface area (Å²) in [5.41, 5.74) is 0.914. The van der Waals surface area contributed by atoms with Crippen LogP contribution in [0.5, 0.6) is 0 Å². The summed E-state index contributed by atoms with van der Waals surface area (Å²) in [6.07, 6.45) is 2.14. The fourth-order valence-electron chi connectivity index (χ4n) is 3.02. The molecule has 0 bridgehead atoms. The third kappa shape index (κ3) is 4.19. The fourth-order valence-corrected chi connectivity index (χ4v) is 3.22. The Kier molecular flexibility index (Phi) is 5.58. The number of rotatable bonds is 6. The average Bonchev–Trinajstić information content (AvgIpc) is 3.20. The third-order valence-electron chi connectivity index (χ3n) is 4.39. The second-order valence-electron chi connectivity index (χ2n) is 6.16. The molecule has 2 aliphatic rings. The number of ether oxygens (including phenoxy) is 1. The maximum Gasteiger partial charge on any atom is 0.320 e. The predicted octanol–water partition coefficient (Wildman–Crippen LogP) is 1.87. The fraction of sp³-hybridized carbons (Fsp3) is 0.529. The van der Waals surface area contributed by atoms with E-state index in [2.05, 4.69) is 5.32 Å². The number of carbonyl (C=O) groups excluding carboxylic acids is 2. The minimum Gasteiger partial charge on any atom is -0.376 e. The van der Waals surface area contributed by atoms with Gasteiger partial charge in [-0.3, -0.25) is 4.79 Å². The van der Waals surface area contributed by atoms with Crippen LogP contribution in [0.4, 0.5) is 4.79 Å². The monoisotopic (exact) mass is 351 g/mol. The molecular weight excluding hydrogens is 330 g/mol. The Hall–Kier alpha value is -1.79. The Morgan fingerprint density at radius 2 is 2.08 bits per heavy atom. The molecule has 0 aliphatic carbocycles. The molecule has 1 N–H and O–H groups in total. The minimum absolute atomic E-state index is 0.0879. The highest BCUT2D eigenvalue weighted by Crippen LogP contribution is 2.19. The van der Waals surface area contributed by atoms with Crippen LogP contribution in [0, 0.1) is 0 Å². The molecule has 0 aromatic heterocycles. The van der Waals surface area contributed by atoms with E-state index in [1.54, 1.807) is 9.80 Å². The van der Waals surface area contributed by atoms with E-state index in [1.165, 1.54) is 0 Å². The van der Waals surface area contributed by atoms with Crippen molar-refractivity contribution >= 4 is 23.5 Å². The van der Waals surface area contributed by atoms with Crippen LogP contribution < -0.4 is 5.32 Å². The van der Waals surface area contributed by atoms with Crippen molar-refractivity contribution in [2.45, 2.75) is 25.5 Å². The Morgan fingerprint density at radius 1 is 1.29 bits per heavy atom. The Morgan fingerprint density at radius 3 is 2.83 bits per heavy atom. The lowest BCUT2D eigenvalue weighted by molar-refractivity contribution is -0.122. The Labute approximate surface area is 146 Å². The van der Waals surface area contributed by atoms with E-state index in [-0.39, 0.29) is 24.6 Å². The minimum atomic E-state index is -0.140. The van der Waals surface area contributed by atoms with Gasteiger partial charge in [0.1, 0.15) is 6.54 Å². The Bertz CT molecular complexity index is 604. The van der Waals surface area contributed by atoms with E-state index in [1.807, 2.05) is 24.3 Å². The van der Waals surface area contributed by atoms with Crippen molar-refractivity contribution in [3.8, 4) is 0 Å². The number of amides is 3. The molecule has 2 heterocycles. The molecule has 0 saturated carbocycles. The number of benzene rings is 1. The second kappa shape index (κ2) is 7.85. The zero-order valence-electron chi connectivity index (χ0n) is 13.5. The van der Waals surface area contributed by atoms with Crippen molar-refractivity contribution < 1.29 is 14.3 Å². The van der Waals surface area contributed by atoms with Crippen LogP contribution in [0.25, 0.3) is 0 Å². The number of halogens is 1. The van der Waals surface area contributed by atoms with Crippen molar-refractivity contribution in [3.05, 3.63) is 34.9 Å². The van der Waals surface area contributed by atoms with Crippen LogP contribution in [0.3, 0.4) is 0 Å². The standard InChI is InChI=1S/C17H22ClN3O3/c18-15-6-2-1-4-13(15)11-20-7-8-21(17(20)23)12-16(22)19-10-14-5-3-9-24-14/h1-2,4,6,14H,3,5,7-12H2,(H,19,22)/t14-/m0/s1. The first-order valence-corrected chi connectivity index (χ1v) is 8.67. The summed E-state index contributed by atoms with van der Waals surface area (Å²) in [6.45, 7) is 2.99. The SMILES string of the molecule is O=C(CN1CCN(Cc2ccccc2Cl)C1=O)NC[C@@H]1CCCO1. The van der Waals surface area contributed by atoms with Gasteiger partial charge in [-0.25, -0.2) is 4.79 Å². The molecule has 1 aromatic rings. The molecule has 7 heteroatoms. The molecule has 0 radical (unpaired) electrons. The maximum atomic E-state index is 12.4. The van der Waals surface area contributed by atoms with Gasteiger partial charge in [-0.15, -0.1) is 0 Å². The van der Waals surface area contributed by atoms with Crippen LogP contribution >= 0.6 is 11.6 Å². The predicted molar refractivity (Wildman–Crippen MR) is 90.8 cm³/mol. The quantitative estimate of drug-likeness (QED) is 0.851. The number of nitrogens with zero attached hydrogens (tertiary/aromatic N) is 2. The average molecular weight is 352 g/mol. The number of hydrogen-bond acceptors (Lipinski definition) is 3. The first-order chi connectivity index (χ1) is 11.6. The molecule has 6 nitrogen and oxygen atoms in total. The smallest absolute Gasteiger partial charge is 0.320 e. The number of urea groups is 1. The van der Waals surface area contributed by atoms with Gasteiger partial charge >= 0.3 is 6.03 Å². The Balaban J connectivity index is 1.47. The molecular formula is C17H22ClN3O3. The second-order valence-corrected chi connectivity index (χ2v) is 6.56. The van der Waals surface area contributed by atoms with Crippen molar-refractivity contribution in [2.24, 2.45) is 0 Å². The summed E-state index contributed by atoms with van der Waals surface area (Å²) in [5.74, 6) is -0.140. The van der Waals surface area contributed by atoms with Crippen molar-refractivity contribution in [3.63, 3.8) is 0 Å². The lowest BCUT2D eigenvalue weighted by atomic mass is 10.2. The van der Waals surface area contributed by atoms with Crippen LogP contribution in [-0.2, 0) is 16.1 Å². The van der Waals surface area contributed by atoms with Crippen LogP contribution in [0.15, 0.2) is 24.3 Å². The maximum absolute atomic E-state index is 12.4. The lowest BCUT2D eigenvalue weighted by Crippen LogP contribution is -2.41. The zero-order chi connectivity index (χ0) is 16.9. The summed E-state index contributed by atoms with van der Waals surface area (Å²) in [6, 6.07) is 7.36. The lowest BCUT2D eigenvalue weighted by Gasteiger charge is -2.19. The van der Waals surface area contributed by atoms with Gasteiger partial charge in [-0.2, -0.15) is 0 Å². The van der Waals surface area contributed by atoms with Gasteiger partial charge < -0.3 is 19.9 Å². The van der Waals surface area contributed by atoms with E-state index in [9.17, 15) is 9.59 Å². The summed E-state index contributed by atoms with van der Waals surface area (Å²) in [4.78, 5) is 27.7. The van der Waals surface area contributed by atoms with Gasteiger partial charge in [-0.1, -0.05) is 29.8 Å². The van der Waals surface area contributed by atoms with E-state index < -0.39 is 0 Å². The van der Waals surface area contributed by atoms with Gasteiger partial charge in [0.05, 0.1) is 6.10 Å². The van der Waals surface area contributed by atoms with E-state index >= 15 is 0 Å². The normalized spacial score (nSPS) is 20.7. The first kappa shape index (κ1) is 17.0. The summed E-state index contributed by atoms with van der Waals surface area (Å²) < 4.78 is 5.47. The third-order valence-corrected chi connectivity index (χ3v) is 4.75. The number of nitrogens with one attached hydrogen (secondary N) is 1. The van der Waals surface area contributed by atoms with Crippen molar-refractivity contribution in [1.82, 2.24) is 15.1 Å². The van der Waals surface area contributed by atoms with Crippen molar-refractivity contribution in [1.29, 1.82) is 0 Å². The largest absolute Gasteiger partial charge is 0.376 e. The molecule has 3 rings (SSSR count). The van der Waals surface area contributed by atoms with Crippen molar-refractivity contribution in [2.75, 3.05) is 32.8 Å². The molecule has 0 unspecified atom stereocenters. The van der Waals surface area contributed by atoms with Gasteiger partial charge in [0.15, 0.2) is 0 Å². The molecule has 1 atom stereocenters. The van der Waals surface area contributed by atoms with E-state index in [0.29, 0.717) is 31.2 Å². The highest BCUT2D eigenvalue weighted by atomic mass is 35.5. The van der Waals surface area contributed by atoms with E-state index in [0.717, 1.165) is 25.0 Å². The highest BCUT2D eigenvalue weighted by Gasteiger charge is 2.30. The molecule has 2 fully saturated rings. The van der Waals surface area contributed by atoms with Crippen LogP contribution in [0.2, 0.25) is 5.02 Å². The highest BCUT2D eigenvalue weighted by molar-refractivity contribution is 6.31. The molecule has 130 valence electrons. The molecule has 3 amide bonds. The summed E-state index contributed by atoms with van der Waals surface area (Å²) in [5, 5.41) is 3.50. The number of carbonyl (C=O) groups is 2. The molecule has 2 saturated heterocycles. The van der Waals surface area contributed by atoms with E-state index in [4.69, 9.17) is 16.3 Å². The molecule has 2 aliphatic heterocycles. The number of hydrogen-bond donors (Lipinski definition) is 1.